The molecule has 0 aliphatic carbocycles. The minimum Gasteiger partial charge on any atom is -0.444 e. The van der Waals surface area contributed by atoms with Crippen molar-refractivity contribution in [3.8, 4) is 0 Å². The first kappa shape index (κ1) is 33.9. The second-order valence-corrected chi connectivity index (χ2v) is 11.0. The fraction of sp³-hybridized carbons (Fsp3) is 0.375. The first-order valence-corrected chi connectivity index (χ1v) is 14.5. The molecule has 0 radical (unpaired) electrons. The summed E-state index contributed by atoms with van der Waals surface area (Å²) in [6.07, 6.45) is 1.54. The maximum Gasteiger partial charge on any atom is 0.412 e. The molecule has 0 bridgehead atoms. The minimum atomic E-state index is -1.06. The van der Waals surface area contributed by atoms with Gasteiger partial charge in [0.15, 0.2) is 11.6 Å². The highest BCUT2D eigenvalue weighted by Gasteiger charge is 2.19. The first-order chi connectivity index (χ1) is 20.9. The Labute approximate surface area is 256 Å². The fourth-order valence-corrected chi connectivity index (χ4v) is 4.23. The molecule has 12 heteroatoms. The zero-order valence-electron chi connectivity index (χ0n) is 25.7. The lowest BCUT2D eigenvalue weighted by Gasteiger charge is -2.25. The summed E-state index contributed by atoms with van der Waals surface area (Å²) in [5, 5.41) is 8.02. The van der Waals surface area contributed by atoms with E-state index in [1.165, 1.54) is 18.3 Å². The third-order valence-corrected chi connectivity index (χ3v) is 6.50. The quantitative estimate of drug-likeness (QED) is 0.210. The van der Waals surface area contributed by atoms with Crippen molar-refractivity contribution in [1.29, 1.82) is 0 Å². The largest absolute Gasteiger partial charge is 0.444 e. The van der Waals surface area contributed by atoms with Crippen LogP contribution >= 0.6 is 0 Å². The highest BCUT2D eigenvalue weighted by molar-refractivity contribution is 6.05. The number of amides is 4. The van der Waals surface area contributed by atoms with E-state index >= 15 is 0 Å². The molecule has 0 spiro atoms. The van der Waals surface area contributed by atoms with E-state index in [2.05, 4.69) is 39.7 Å². The molecule has 0 unspecified atom stereocenters. The van der Waals surface area contributed by atoms with E-state index < -0.39 is 35.3 Å². The van der Waals surface area contributed by atoms with E-state index in [0.29, 0.717) is 29.9 Å². The molecule has 2 aromatic carbocycles. The smallest absolute Gasteiger partial charge is 0.412 e. The molecular weight excluding hydrogens is 570 g/mol. The van der Waals surface area contributed by atoms with E-state index in [0.717, 1.165) is 31.8 Å². The van der Waals surface area contributed by atoms with Gasteiger partial charge < -0.3 is 25.2 Å². The Bertz CT molecular complexity index is 1420. The van der Waals surface area contributed by atoms with Crippen LogP contribution in [0.15, 0.2) is 60.8 Å². The highest BCUT2D eigenvalue weighted by Crippen LogP contribution is 2.23. The lowest BCUT2D eigenvalue weighted by Crippen LogP contribution is -2.37. The molecule has 0 aliphatic heterocycles. The van der Waals surface area contributed by atoms with Gasteiger partial charge in [0.2, 0.25) is 0 Å². The number of carbonyl (C=O) groups is 3. The van der Waals surface area contributed by atoms with Crippen molar-refractivity contribution in [2.24, 2.45) is 0 Å². The summed E-state index contributed by atoms with van der Waals surface area (Å²) in [5.74, 6) is -2.56. The summed E-state index contributed by atoms with van der Waals surface area (Å²) in [5.41, 5.74) is 0.960. The number of rotatable bonds is 12. The van der Waals surface area contributed by atoms with E-state index in [-0.39, 0.29) is 17.9 Å². The number of aromatic nitrogens is 1. The molecule has 0 saturated heterocycles. The van der Waals surface area contributed by atoms with Gasteiger partial charge in [-0.1, -0.05) is 32.0 Å². The van der Waals surface area contributed by atoms with Crippen LogP contribution < -0.4 is 16.0 Å². The number of nitrogens with zero attached hydrogens (tertiary/aromatic N) is 3. The SMILES string of the molecule is CCN(CC)CCCN(Cc1ccc(C(=O)Nc2ccccc2NC(=O)OC(C)(C)C)nc1)C(=O)Nc1ccc(F)c(F)c1. The van der Waals surface area contributed by atoms with E-state index in [1.807, 2.05) is 0 Å². The number of para-hydroxylation sites is 2. The monoisotopic (exact) mass is 610 g/mol. The molecule has 3 aromatic rings. The van der Waals surface area contributed by atoms with Crippen LogP contribution in [0.5, 0.6) is 0 Å². The summed E-state index contributed by atoms with van der Waals surface area (Å²) >= 11 is 0. The van der Waals surface area contributed by atoms with Crippen LogP contribution in [0.25, 0.3) is 0 Å². The van der Waals surface area contributed by atoms with Crippen molar-refractivity contribution in [2.75, 3.05) is 42.1 Å². The molecular formula is C32H40F2N6O4. The Morgan fingerprint density at radius 2 is 1.55 bits per heavy atom. The van der Waals surface area contributed by atoms with Crippen molar-refractivity contribution in [1.82, 2.24) is 14.8 Å². The lowest BCUT2D eigenvalue weighted by atomic mass is 10.2. The Morgan fingerprint density at radius 3 is 2.14 bits per heavy atom. The van der Waals surface area contributed by atoms with Gasteiger partial charge in [-0.3, -0.25) is 15.1 Å². The molecule has 0 saturated carbocycles. The number of hydrogen-bond donors (Lipinski definition) is 3. The predicted molar refractivity (Wildman–Crippen MR) is 167 cm³/mol. The normalized spacial score (nSPS) is 11.2. The number of urea groups is 1. The predicted octanol–water partition coefficient (Wildman–Crippen LogP) is 6.73. The van der Waals surface area contributed by atoms with Crippen LogP contribution in [0, 0.1) is 11.6 Å². The standard InChI is InChI=1S/C32H40F2N6O4/c1-6-39(7-2)17-10-18-40(30(42)36-23-14-15-24(33)25(34)19-23)21-22-13-16-28(35-20-22)29(41)37-26-11-8-9-12-27(26)38-31(43)44-32(3,4)5/h8-9,11-16,19-20H,6-7,10,17-18,21H2,1-5H3,(H,36,42)(H,37,41)(H,38,43). The average molecular weight is 611 g/mol. The summed E-state index contributed by atoms with van der Waals surface area (Å²) in [4.78, 5) is 46.5. The van der Waals surface area contributed by atoms with Crippen molar-refractivity contribution in [2.45, 2.75) is 53.2 Å². The van der Waals surface area contributed by atoms with Crippen LogP contribution in [0.2, 0.25) is 0 Å². The number of ether oxygens (including phenoxy) is 1. The van der Waals surface area contributed by atoms with Gasteiger partial charge in [0.05, 0.1) is 11.4 Å². The number of hydrogen-bond acceptors (Lipinski definition) is 6. The second kappa shape index (κ2) is 15.8. The third-order valence-electron chi connectivity index (χ3n) is 6.50. The number of halogens is 2. The zero-order valence-corrected chi connectivity index (χ0v) is 25.7. The Balaban J connectivity index is 1.69. The summed E-state index contributed by atoms with van der Waals surface area (Å²) in [6, 6.07) is 12.6. The molecule has 236 valence electrons. The number of benzene rings is 2. The molecule has 10 nitrogen and oxygen atoms in total. The molecule has 1 aromatic heterocycles. The first-order valence-electron chi connectivity index (χ1n) is 14.5. The van der Waals surface area contributed by atoms with Crippen LogP contribution in [0.1, 0.15) is 57.1 Å². The van der Waals surface area contributed by atoms with Crippen LogP contribution in [0.4, 0.5) is 35.4 Å². The van der Waals surface area contributed by atoms with E-state index in [1.54, 1.807) is 56.0 Å². The molecule has 4 amide bonds. The van der Waals surface area contributed by atoms with Crippen molar-refractivity contribution in [3.05, 3.63) is 83.7 Å². The molecule has 0 fully saturated rings. The molecule has 3 rings (SSSR count). The number of nitrogens with one attached hydrogen (secondary N) is 3. The van der Waals surface area contributed by atoms with Gasteiger partial charge in [0, 0.05) is 31.0 Å². The minimum absolute atomic E-state index is 0.125. The van der Waals surface area contributed by atoms with Gasteiger partial charge in [0.1, 0.15) is 11.3 Å². The van der Waals surface area contributed by atoms with E-state index in [4.69, 9.17) is 4.74 Å². The third kappa shape index (κ3) is 10.6. The van der Waals surface area contributed by atoms with Crippen molar-refractivity contribution in [3.63, 3.8) is 0 Å². The van der Waals surface area contributed by atoms with Crippen molar-refractivity contribution < 1.29 is 27.9 Å². The van der Waals surface area contributed by atoms with Crippen LogP contribution in [0.3, 0.4) is 0 Å². The molecule has 44 heavy (non-hydrogen) atoms. The summed E-state index contributed by atoms with van der Waals surface area (Å²) in [7, 11) is 0. The van der Waals surface area contributed by atoms with Gasteiger partial charge in [-0.25, -0.2) is 18.4 Å². The number of carbonyl (C=O) groups excluding carboxylic acids is 3. The number of pyridine rings is 1. The van der Waals surface area contributed by atoms with Gasteiger partial charge in [0.25, 0.3) is 5.91 Å². The zero-order chi connectivity index (χ0) is 32.3. The van der Waals surface area contributed by atoms with Gasteiger partial charge in [-0.15, -0.1) is 0 Å². The fourth-order valence-electron chi connectivity index (χ4n) is 4.23. The lowest BCUT2D eigenvalue weighted by molar-refractivity contribution is 0.0635. The topological polar surface area (TPSA) is 116 Å². The molecule has 0 atom stereocenters. The average Bonchev–Trinajstić information content (AvgIpc) is 2.97. The molecule has 1 heterocycles. The van der Waals surface area contributed by atoms with Crippen LogP contribution in [-0.2, 0) is 11.3 Å². The van der Waals surface area contributed by atoms with Crippen LogP contribution in [-0.4, -0.2) is 64.6 Å². The summed E-state index contributed by atoms with van der Waals surface area (Å²) < 4.78 is 32.4. The van der Waals surface area contributed by atoms with Crippen molar-refractivity contribution >= 4 is 35.1 Å². The maximum absolute atomic E-state index is 13.7. The van der Waals surface area contributed by atoms with Gasteiger partial charge >= 0.3 is 12.1 Å². The highest BCUT2D eigenvalue weighted by atomic mass is 19.2. The molecule has 3 N–H and O–H groups in total. The van der Waals surface area contributed by atoms with Gasteiger partial charge in [-0.05, 0) is 82.7 Å². The Morgan fingerprint density at radius 1 is 0.864 bits per heavy atom. The van der Waals surface area contributed by atoms with Gasteiger partial charge in [-0.2, -0.15) is 0 Å². The molecule has 0 aliphatic rings. The number of anilines is 3. The Kier molecular flexibility index (Phi) is 12.2. The summed E-state index contributed by atoms with van der Waals surface area (Å²) in [6.45, 7) is 12.5. The Hall–Kier alpha value is -4.58. The maximum atomic E-state index is 13.7. The second-order valence-electron chi connectivity index (χ2n) is 11.0. The van der Waals surface area contributed by atoms with E-state index in [9.17, 15) is 23.2 Å².